The molecule has 2 aromatic carbocycles. The molecule has 0 spiro atoms. The maximum absolute atomic E-state index is 13.4. The zero-order valence-electron chi connectivity index (χ0n) is 11.3. The third kappa shape index (κ3) is 3.19. The van der Waals surface area contributed by atoms with Gasteiger partial charge >= 0.3 is 0 Å². The first kappa shape index (κ1) is 14.4. The highest BCUT2D eigenvalue weighted by molar-refractivity contribution is 7.99. The lowest BCUT2D eigenvalue weighted by atomic mass is 10.0. The summed E-state index contributed by atoms with van der Waals surface area (Å²) in [6, 6.07) is 9.25. The van der Waals surface area contributed by atoms with Gasteiger partial charge in [0.1, 0.15) is 5.82 Å². The SMILES string of the molecule is Oc1ccc(CNC2CCSc3ccc(F)cc32)cc1F. The summed E-state index contributed by atoms with van der Waals surface area (Å²) in [4.78, 5) is 1.09. The molecule has 1 unspecified atom stereocenters. The summed E-state index contributed by atoms with van der Waals surface area (Å²) in [6.07, 6.45) is 0.904. The van der Waals surface area contributed by atoms with Gasteiger partial charge in [-0.1, -0.05) is 6.07 Å². The van der Waals surface area contributed by atoms with Crippen molar-refractivity contribution in [1.29, 1.82) is 0 Å². The molecule has 5 heteroatoms. The largest absolute Gasteiger partial charge is 0.505 e. The maximum Gasteiger partial charge on any atom is 0.165 e. The van der Waals surface area contributed by atoms with E-state index in [1.165, 1.54) is 18.2 Å². The van der Waals surface area contributed by atoms with Crippen molar-refractivity contribution in [1.82, 2.24) is 5.32 Å². The Morgan fingerprint density at radius 1 is 1.19 bits per heavy atom. The molecule has 0 amide bonds. The number of fused-ring (bicyclic) bond motifs is 1. The van der Waals surface area contributed by atoms with E-state index in [-0.39, 0.29) is 17.6 Å². The van der Waals surface area contributed by atoms with Crippen LogP contribution in [0.25, 0.3) is 0 Å². The van der Waals surface area contributed by atoms with Crippen LogP contribution in [0.4, 0.5) is 8.78 Å². The number of phenolic OH excluding ortho intramolecular Hbond substituents is 1. The van der Waals surface area contributed by atoms with Gasteiger partial charge in [-0.25, -0.2) is 8.78 Å². The lowest BCUT2D eigenvalue weighted by Gasteiger charge is -2.26. The molecular weight excluding hydrogens is 292 g/mol. The van der Waals surface area contributed by atoms with E-state index in [0.29, 0.717) is 6.54 Å². The van der Waals surface area contributed by atoms with Crippen LogP contribution in [0.1, 0.15) is 23.6 Å². The van der Waals surface area contributed by atoms with E-state index in [9.17, 15) is 13.9 Å². The minimum atomic E-state index is -0.625. The van der Waals surface area contributed by atoms with Gasteiger partial charge in [0, 0.05) is 17.5 Å². The normalized spacial score (nSPS) is 17.5. The Morgan fingerprint density at radius 2 is 2.05 bits per heavy atom. The van der Waals surface area contributed by atoms with E-state index in [1.54, 1.807) is 23.9 Å². The van der Waals surface area contributed by atoms with Crippen molar-refractivity contribution in [2.45, 2.75) is 23.9 Å². The van der Waals surface area contributed by atoms with Crippen LogP contribution < -0.4 is 5.32 Å². The van der Waals surface area contributed by atoms with Crippen molar-refractivity contribution < 1.29 is 13.9 Å². The minimum Gasteiger partial charge on any atom is -0.505 e. The lowest BCUT2D eigenvalue weighted by Crippen LogP contribution is -2.24. The summed E-state index contributed by atoms with van der Waals surface area (Å²) in [7, 11) is 0. The van der Waals surface area contributed by atoms with Crippen molar-refractivity contribution in [3.8, 4) is 5.75 Å². The van der Waals surface area contributed by atoms with Gasteiger partial charge in [0.25, 0.3) is 0 Å². The standard InChI is InChI=1S/C16H15F2NOS/c17-11-2-4-16-12(8-11)14(5-6-21-16)19-9-10-1-3-15(20)13(18)7-10/h1-4,7-8,14,19-20H,5-6,9H2. The molecular formula is C16H15F2NOS. The predicted molar refractivity (Wildman–Crippen MR) is 79.4 cm³/mol. The quantitative estimate of drug-likeness (QED) is 0.899. The molecule has 1 heterocycles. The first-order valence-electron chi connectivity index (χ1n) is 6.76. The lowest BCUT2D eigenvalue weighted by molar-refractivity contribution is 0.430. The number of hydrogen-bond acceptors (Lipinski definition) is 3. The van der Waals surface area contributed by atoms with Gasteiger partial charge < -0.3 is 10.4 Å². The van der Waals surface area contributed by atoms with Crippen LogP contribution in [0, 0.1) is 11.6 Å². The monoisotopic (exact) mass is 307 g/mol. The highest BCUT2D eigenvalue weighted by Crippen LogP contribution is 2.36. The van der Waals surface area contributed by atoms with Crippen LogP contribution in [-0.2, 0) is 6.54 Å². The molecule has 1 atom stereocenters. The van der Waals surface area contributed by atoms with Crippen molar-refractivity contribution in [2.24, 2.45) is 0 Å². The summed E-state index contributed by atoms with van der Waals surface area (Å²) in [6.45, 7) is 0.475. The van der Waals surface area contributed by atoms with Crippen molar-refractivity contribution in [3.63, 3.8) is 0 Å². The van der Waals surface area contributed by atoms with Crippen molar-refractivity contribution >= 4 is 11.8 Å². The molecule has 1 aliphatic rings. The van der Waals surface area contributed by atoms with E-state index in [4.69, 9.17) is 0 Å². The number of aromatic hydroxyl groups is 1. The topological polar surface area (TPSA) is 32.3 Å². The van der Waals surface area contributed by atoms with Gasteiger partial charge in [-0.15, -0.1) is 11.8 Å². The van der Waals surface area contributed by atoms with Gasteiger partial charge in [-0.05, 0) is 53.6 Å². The number of thioether (sulfide) groups is 1. The smallest absolute Gasteiger partial charge is 0.165 e. The van der Waals surface area contributed by atoms with E-state index >= 15 is 0 Å². The van der Waals surface area contributed by atoms with Crippen LogP contribution in [-0.4, -0.2) is 10.9 Å². The minimum absolute atomic E-state index is 0.0637. The fourth-order valence-corrected chi connectivity index (χ4v) is 3.58. The Balaban J connectivity index is 1.74. The number of halogens is 2. The van der Waals surface area contributed by atoms with Gasteiger partial charge in [0.05, 0.1) is 0 Å². The zero-order valence-corrected chi connectivity index (χ0v) is 12.1. The van der Waals surface area contributed by atoms with Gasteiger partial charge in [0.2, 0.25) is 0 Å². The Kier molecular flexibility index (Phi) is 4.12. The number of phenols is 1. The Morgan fingerprint density at radius 3 is 2.86 bits per heavy atom. The molecule has 21 heavy (non-hydrogen) atoms. The summed E-state index contributed by atoms with van der Waals surface area (Å²) >= 11 is 1.73. The summed E-state index contributed by atoms with van der Waals surface area (Å²) in [5.74, 6) is -0.237. The molecule has 2 N–H and O–H groups in total. The Hall–Kier alpha value is -1.59. The molecule has 0 fully saturated rings. The van der Waals surface area contributed by atoms with Crippen LogP contribution >= 0.6 is 11.8 Å². The average molecular weight is 307 g/mol. The van der Waals surface area contributed by atoms with Crippen molar-refractivity contribution in [2.75, 3.05) is 5.75 Å². The predicted octanol–water partition coefficient (Wildman–Crippen LogP) is 4.00. The van der Waals surface area contributed by atoms with E-state index < -0.39 is 5.82 Å². The Bertz CT molecular complexity index is 663. The van der Waals surface area contributed by atoms with E-state index in [1.807, 2.05) is 6.07 Å². The van der Waals surface area contributed by atoms with Gasteiger partial charge in [-0.2, -0.15) is 0 Å². The molecule has 0 saturated carbocycles. The fraction of sp³-hybridized carbons (Fsp3) is 0.250. The third-order valence-electron chi connectivity index (χ3n) is 3.58. The molecule has 0 aliphatic carbocycles. The fourth-order valence-electron chi connectivity index (χ4n) is 2.48. The average Bonchev–Trinajstić information content (AvgIpc) is 2.48. The molecule has 0 saturated heterocycles. The first-order valence-corrected chi connectivity index (χ1v) is 7.75. The molecule has 2 aromatic rings. The molecule has 1 aliphatic heterocycles. The molecule has 2 nitrogen and oxygen atoms in total. The second-order valence-electron chi connectivity index (χ2n) is 5.04. The number of rotatable bonds is 3. The maximum atomic E-state index is 13.4. The number of hydrogen-bond donors (Lipinski definition) is 2. The summed E-state index contributed by atoms with van der Waals surface area (Å²) < 4.78 is 26.7. The highest BCUT2D eigenvalue weighted by Gasteiger charge is 2.20. The summed E-state index contributed by atoms with van der Waals surface area (Å²) in [5, 5.41) is 12.5. The molecule has 0 radical (unpaired) electrons. The van der Waals surface area contributed by atoms with Crippen molar-refractivity contribution in [3.05, 3.63) is 59.2 Å². The van der Waals surface area contributed by atoms with E-state index in [0.717, 1.165) is 28.2 Å². The van der Waals surface area contributed by atoms with Crippen LogP contribution in [0.15, 0.2) is 41.3 Å². The highest BCUT2D eigenvalue weighted by atomic mass is 32.2. The van der Waals surface area contributed by atoms with Crippen LogP contribution in [0.3, 0.4) is 0 Å². The van der Waals surface area contributed by atoms with Crippen LogP contribution in [0.2, 0.25) is 0 Å². The molecule has 110 valence electrons. The molecule has 0 bridgehead atoms. The van der Waals surface area contributed by atoms with Crippen LogP contribution in [0.5, 0.6) is 5.75 Å². The zero-order chi connectivity index (χ0) is 14.8. The third-order valence-corrected chi connectivity index (χ3v) is 4.70. The first-order chi connectivity index (χ1) is 10.1. The van der Waals surface area contributed by atoms with E-state index in [2.05, 4.69) is 5.32 Å². The van der Waals surface area contributed by atoms with Gasteiger partial charge in [0.15, 0.2) is 11.6 Å². The number of nitrogens with one attached hydrogen (secondary N) is 1. The Labute approximate surface area is 126 Å². The second-order valence-corrected chi connectivity index (χ2v) is 6.18. The second kappa shape index (κ2) is 6.03. The molecule has 3 rings (SSSR count). The summed E-state index contributed by atoms with van der Waals surface area (Å²) in [5.41, 5.74) is 1.71. The molecule has 0 aromatic heterocycles. The number of benzene rings is 2. The van der Waals surface area contributed by atoms with Gasteiger partial charge in [-0.3, -0.25) is 0 Å².